The second-order valence-electron chi connectivity index (χ2n) is 5.98. The number of fused-ring (bicyclic) bond motifs is 2. The molecule has 5 nitrogen and oxygen atoms in total. The zero-order valence-corrected chi connectivity index (χ0v) is 12.9. The van der Waals surface area contributed by atoms with Gasteiger partial charge in [0.25, 0.3) is 10.9 Å². The van der Waals surface area contributed by atoms with Gasteiger partial charge in [-0.2, -0.15) is 10.5 Å². The molecule has 3 aliphatic rings. The Labute approximate surface area is 132 Å². The number of thioether (sulfide) groups is 1. The summed E-state index contributed by atoms with van der Waals surface area (Å²) in [6.07, 6.45) is 0. The molecule has 1 aromatic carbocycles. The van der Waals surface area contributed by atoms with Crippen molar-refractivity contribution in [3.63, 3.8) is 0 Å². The van der Waals surface area contributed by atoms with E-state index in [-0.39, 0.29) is 5.92 Å². The molecule has 22 heavy (non-hydrogen) atoms. The first-order valence-electron chi connectivity index (χ1n) is 7.16. The SMILES string of the molecule is Cc1ccccc1[C@@H]1[C@@]2(C#N)[C@@]3([NH+]=C(N)[C@@]12C#N)OCCS3. The van der Waals surface area contributed by atoms with Crippen molar-refractivity contribution < 1.29 is 9.73 Å². The molecular weight excluding hydrogens is 296 g/mol. The van der Waals surface area contributed by atoms with E-state index in [0.717, 1.165) is 16.9 Å². The molecule has 0 bridgehead atoms. The van der Waals surface area contributed by atoms with Crippen LogP contribution in [0.5, 0.6) is 0 Å². The maximum absolute atomic E-state index is 10.0. The number of hydrogen-bond acceptors (Lipinski definition) is 5. The van der Waals surface area contributed by atoms with Crippen molar-refractivity contribution in [2.45, 2.75) is 17.9 Å². The van der Waals surface area contributed by atoms with E-state index in [2.05, 4.69) is 17.1 Å². The van der Waals surface area contributed by atoms with Gasteiger partial charge in [-0.3, -0.25) is 5.73 Å². The number of ether oxygens (including phenoxy) is 1. The summed E-state index contributed by atoms with van der Waals surface area (Å²) < 4.78 is 5.92. The summed E-state index contributed by atoms with van der Waals surface area (Å²) in [7, 11) is 0. The largest absolute Gasteiger partial charge is 0.327 e. The van der Waals surface area contributed by atoms with Gasteiger partial charge in [0.15, 0.2) is 10.8 Å². The van der Waals surface area contributed by atoms with Gasteiger partial charge in [-0.05, 0) is 18.1 Å². The molecule has 1 aliphatic carbocycles. The lowest BCUT2D eigenvalue weighted by Gasteiger charge is -2.24. The van der Waals surface area contributed by atoms with Crippen LogP contribution in [0.15, 0.2) is 24.3 Å². The zero-order chi connectivity index (χ0) is 15.6. The minimum absolute atomic E-state index is 0.261. The number of benzene rings is 1. The van der Waals surface area contributed by atoms with E-state index >= 15 is 0 Å². The molecule has 1 aromatic rings. The number of hydrogen-bond donors (Lipinski definition) is 2. The zero-order valence-electron chi connectivity index (χ0n) is 12.1. The standard InChI is InChI=1S/C16H14N4OS/c1-10-4-2-3-5-11(10)12-14(8-17)13(19)20-16(15(12,14)9-18)21-6-7-22-16/h2-5,12H,6-7H2,1H3,(H2,19,20)/p+1/t12-,14+,15+,16+/m0/s1. The van der Waals surface area contributed by atoms with Gasteiger partial charge in [0.1, 0.15) is 0 Å². The number of rotatable bonds is 1. The van der Waals surface area contributed by atoms with Crippen LogP contribution in [0, 0.1) is 40.4 Å². The Morgan fingerprint density at radius 1 is 1.36 bits per heavy atom. The van der Waals surface area contributed by atoms with Gasteiger partial charge in [0.05, 0.1) is 18.7 Å². The van der Waals surface area contributed by atoms with Gasteiger partial charge in [-0.15, -0.1) is 0 Å². The molecule has 110 valence electrons. The number of nitrogens with two attached hydrogens (primary N) is 1. The summed E-state index contributed by atoms with van der Waals surface area (Å²) in [6.45, 7) is 2.55. The summed E-state index contributed by atoms with van der Waals surface area (Å²) in [5.41, 5.74) is 6.27. The van der Waals surface area contributed by atoms with E-state index in [4.69, 9.17) is 10.5 Å². The van der Waals surface area contributed by atoms with E-state index in [1.807, 2.05) is 31.2 Å². The molecule has 2 aliphatic heterocycles. The Kier molecular flexibility index (Phi) is 2.50. The predicted octanol–water partition coefficient (Wildman–Crippen LogP) is -0.0192. The fraction of sp³-hybridized carbons (Fsp3) is 0.438. The van der Waals surface area contributed by atoms with Crippen molar-refractivity contribution in [2.24, 2.45) is 16.6 Å². The lowest BCUT2D eigenvalue weighted by molar-refractivity contribution is -0.583. The van der Waals surface area contributed by atoms with Gasteiger partial charge < -0.3 is 4.74 Å². The Bertz CT molecular complexity index is 786. The first-order valence-corrected chi connectivity index (χ1v) is 8.15. The number of nitriles is 2. The highest BCUT2D eigenvalue weighted by atomic mass is 32.2. The Balaban J connectivity index is 1.97. The molecule has 1 spiro atoms. The number of amidine groups is 1. The van der Waals surface area contributed by atoms with Crippen LogP contribution in [0.4, 0.5) is 0 Å². The summed E-state index contributed by atoms with van der Waals surface area (Å²) in [5.74, 6) is 0.883. The highest BCUT2D eigenvalue weighted by Gasteiger charge is 2.96. The van der Waals surface area contributed by atoms with Crippen molar-refractivity contribution in [3.05, 3.63) is 35.4 Å². The fourth-order valence-electron chi connectivity index (χ4n) is 4.20. The van der Waals surface area contributed by atoms with Crippen LogP contribution in [0.25, 0.3) is 0 Å². The van der Waals surface area contributed by atoms with Crippen LogP contribution in [-0.2, 0) is 4.74 Å². The lowest BCUT2D eigenvalue weighted by Crippen LogP contribution is -2.88. The molecule has 0 unspecified atom stereocenters. The summed E-state index contributed by atoms with van der Waals surface area (Å²) in [4.78, 5) is 3.12. The third kappa shape index (κ3) is 1.16. The molecule has 4 atom stereocenters. The second kappa shape index (κ2) is 4.04. The van der Waals surface area contributed by atoms with Gasteiger partial charge in [0, 0.05) is 11.7 Å². The first kappa shape index (κ1) is 13.6. The highest BCUT2D eigenvalue weighted by molar-refractivity contribution is 8.00. The molecule has 0 amide bonds. The van der Waals surface area contributed by atoms with Gasteiger partial charge >= 0.3 is 0 Å². The van der Waals surface area contributed by atoms with Crippen LogP contribution in [0.1, 0.15) is 17.0 Å². The van der Waals surface area contributed by atoms with Crippen LogP contribution in [-0.4, -0.2) is 23.3 Å². The average Bonchev–Trinajstić information content (AvgIpc) is 2.76. The minimum Gasteiger partial charge on any atom is -0.327 e. The second-order valence-corrected chi connectivity index (χ2v) is 7.25. The monoisotopic (exact) mass is 311 g/mol. The first-order chi connectivity index (χ1) is 10.6. The van der Waals surface area contributed by atoms with Crippen LogP contribution >= 0.6 is 11.8 Å². The molecule has 0 radical (unpaired) electrons. The fourth-order valence-corrected chi connectivity index (χ4v) is 5.55. The molecule has 0 aromatic heterocycles. The third-order valence-electron chi connectivity index (χ3n) is 5.19. The van der Waals surface area contributed by atoms with Crippen molar-refractivity contribution in [1.82, 2.24) is 0 Å². The average molecular weight is 311 g/mol. The smallest absolute Gasteiger partial charge is 0.277 e. The topological polar surface area (TPSA) is 96.8 Å². The van der Waals surface area contributed by atoms with E-state index in [9.17, 15) is 10.5 Å². The maximum atomic E-state index is 10.0. The Morgan fingerprint density at radius 3 is 2.73 bits per heavy atom. The highest BCUT2D eigenvalue weighted by Crippen LogP contribution is 2.80. The van der Waals surface area contributed by atoms with E-state index < -0.39 is 15.9 Å². The maximum Gasteiger partial charge on any atom is 0.277 e. The molecule has 3 N–H and O–H groups in total. The van der Waals surface area contributed by atoms with Crippen LogP contribution < -0.4 is 10.7 Å². The van der Waals surface area contributed by atoms with Crippen molar-refractivity contribution in [1.29, 1.82) is 10.5 Å². The minimum atomic E-state index is -1.02. The van der Waals surface area contributed by atoms with Crippen LogP contribution in [0.3, 0.4) is 0 Å². The number of nitrogens with one attached hydrogen (secondary N) is 1. The van der Waals surface area contributed by atoms with E-state index in [0.29, 0.717) is 12.4 Å². The van der Waals surface area contributed by atoms with E-state index in [1.165, 1.54) is 11.8 Å². The number of nitrogens with zero attached hydrogens (tertiary/aromatic N) is 2. The predicted molar refractivity (Wildman–Crippen MR) is 81.3 cm³/mol. The Morgan fingerprint density at radius 2 is 2.14 bits per heavy atom. The lowest BCUT2D eigenvalue weighted by atomic mass is 9.95. The molecule has 1 saturated carbocycles. The molecular formula is C16H15N4OS+. The third-order valence-corrected chi connectivity index (χ3v) is 6.51. The van der Waals surface area contributed by atoms with Crippen LogP contribution in [0.2, 0.25) is 0 Å². The van der Waals surface area contributed by atoms with E-state index in [1.54, 1.807) is 0 Å². The van der Waals surface area contributed by atoms with Gasteiger partial charge in [0.2, 0.25) is 0 Å². The van der Waals surface area contributed by atoms with Crippen molar-refractivity contribution in [2.75, 3.05) is 12.4 Å². The normalized spacial score (nSPS) is 41.6. The summed E-state index contributed by atoms with van der Waals surface area (Å²) in [5, 5.41) is 19.0. The molecule has 4 rings (SSSR count). The molecule has 6 heteroatoms. The number of aryl methyl sites for hydroxylation is 1. The summed E-state index contributed by atoms with van der Waals surface area (Å²) >= 11 is 1.54. The van der Waals surface area contributed by atoms with Gasteiger partial charge in [-0.1, -0.05) is 36.0 Å². The van der Waals surface area contributed by atoms with Crippen molar-refractivity contribution >= 4 is 17.6 Å². The molecule has 1 saturated heterocycles. The molecule has 2 heterocycles. The van der Waals surface area contributed by atoms with Crippen molar-refractivity contribution in [3.8, 4) is 12.1 Å². The van der Waals surface area contributed by atoms with Gasteiger partial charge in [-0.25, -0.2) is 4.99 Å². The summed E-state index contributed by atoms with van der Waals surface area (Å²) in [6, 6.07) is 12.6. The quantitative estimate of drug-likeness (QED) is 0.760. The molecule has 2 fully saturated rings. The Hall–Kier alpha value is -2.02.